The van der Waals surface area contributed by atoms with Crippen LogP contribution in [-0.2, 0) is 20.0 Å². The fraction of sp³-hybridized carbons (Fsp3) is 0.812. The molecule has 0 amide bonds. The minimum Gasteiger partial charge on any atom is -0.316 e. The maximum atomic E-state index is 4.62. The van der Waals surface area contributed by atoms with E-state index in [0.29, 0.717) is 0 Å². The molecule has 1 unspecified atom stereocenters. The molecule has 0 spiro atoms. The van der Waals surface area contributed by atoms with Crippen molar-refractivity contribution in [3.05, 3.63) is 15.9 Å². The van der Waals surface area contributed by atoms with Gasteiger partial charge in [0.05, 0.1) is 15.9 Å². The molecule has 0 saturated carbocycles. The van der Waals surface area contributed by atoms with E-state index in [1.54, 1.807) is 0 Å². The van der Waals surface area contributed by atoms with Crippen molar-refractivity contribution in [2.24, 2.45) is 13.0 Å². The predicted molar refractivity (Wildman–Crippen MR) is 91.4 cm³/mol. The van der Waals surface area contributed by atoms with E-state index in [0.717, 1.165) is 25.4 Å². The van der Waals surface area contributed by atoms with E-state index in [9.17, 15) is 0 Å². The number of rotatable bonds is 7. The molecule has 0 radical (unpaired) electrons. The largest absolute Gasteiger partial charge is 0.316 e. The molecule has 1 aromatic rings. The van der Waals surface area contributed by atoms with Crippen molar-refractivity contribution in [1.29, 1.82) is 0 Å². The van der Waals surface area contributed by atoms with E-state index in [1.807, 2.05) is 4.68 Å². The van der Waals surface area contributed by atoms with Crippen molar-refractivity contribution in [1.82, 2.24) is 20.0 Å². The lowest BCUT2D eigenvalue weighted by Crippen LogP contribution is -2.38. The highest BCUT2D eigenvalue weighted by Gasteiger charge is 2.20. The third-order valence-corrected chi connectivity index (χ3v) is 5.25. The molecule has 2 rings (SSSR count). The predicted octanol–water partition coefficient (Wildman–Crippen LogP) is 2.96. The summed E-state index contributed by atoms with van der Waals surface area (Å²) in [6.07, 6.45) is 4.87. The van der Waals surface area contributed by atoms with Gasteiger partial charge in [0.25, 0.3) is 0 Å². The molecule has 1 fully saturated rings. The summed E-state index contributed by atoms with van der Waals surface area (Å²) in [5.41, 5.74) is 2.48. The molecule has 21 heavy (non-hydrogen) atoms. The summed E-state index contributed by atoms with van der Waals surface area (Å²) in [5.74, 6) is 0.794. The van der Waals surface area contributed by atoms with Crippen LogP contribution in [0.25, 0.3) is 0 Å². The average Bonchev–Trinajstić information content (AvgIpc) is 2.76. The number of hydrogen-bond acceptors (Lipinski definition) is 3. The van der Waals surface area contributed by atoms with E-state index in [-0.39, 0.29) is 0 Å². The van der Waals surface area contributed by atoms with Crippen LogP contribution in [0.2, 0.25) is 0 Å². The standard InChI is InChI=1S/C16H29BrN4/c1-4-9-21(11-13-7-6-8-18-10-13)12-15-16(17)14(5-2)19-20(15)3/h13,18H,4-12H2,1-3H3. The highest BCUT2D eigenvalue weighted by molar-refractivity contribution is 9.10. The number of aryl methyl sites for hydroxylation is 2. The van der Waals surface area contributed by atoms with Gasteiger partial charge in [-0.1, -0.05) is 13.8 Å². The van der Waals surface area contributed by atoms with Crippen molar-refractivity contribution in [3.8, 4) is 0 Å². The second-order valence-electron chi connectivity index (χ2n) is 6.13. The molecule has 2 heterocycles. The number of hydrogen-bond donors (Lipinski definition) is 1. The zero-order valence-electron chi connectivity index (χ0n) is 13.7. The van der Waals surface area contributed by atoms with Crippen LogP contribution in [0.15, 0.2) is 4.47 Å². The van der Waals surface area contributed by atoms with E-state index in [1.165, 1.54) is 54.8 Å². The van der Waals surface area contributed by atoms with Crippen LogP contribution in [0.3, 0.4) is 0 Å². The minimum absolute atomic E-state index is 0.794. The van der Waals surface area contributed by atoms with E-state index < -0.39 is 0 Å². The van der Waals surface area contributed by atoms with Crippen LogP contribution < -0.4 is 5.32 Å². The van der Waals surface area contributed by atoms with Crippen molar-refractivity contribution >= 4 is 15.9 Å². The lowest BCUT2D eigenvalue weighted by molar-refractivity contribution is 0.197. The first-order valence-corrected chi connectivity index (χ1v) is 9.08. The Kier molecular flexibility index (Phi) is 6.71. The van der Waals surface area contributed by atoms with Gasteiger partial charge in [0.2, 0.25) is 0 Å². The lowest BCUT2D eigenvalue weighted by Gasteiger charge is -2.30. The van der Waals surface area contributed by atoms with Gasteiger partial charge < -0.3 is 5.32 Å². The molecule has 1 saturated heterocycles. The van der Waals surface area contributed by atoms with E-state index >= 15 is 0 Å². The minimum atomic E-state index is 0.794. The highest BCUT2D eigenvalue weighted by Crippen LogP contribution is 2.24. The quantitative estimate of drug-likeness (QED) is 0.815. The third-order valence-electron chi connectivity index (χ3n) is 4.33. The van der Waals surface area contributed by atoms with Crippen LogP contribution in [0.5, 0.6) is 0 Å². The average molecular weight is 357 g/mol. The Bertz CT molecular complexity index is 438. The van der Waals surface area contributed by atoms with Gasteiger partial charge in [-0.15, -0.1) is 0 Å². The van der Waals surface area contributed by atoms with Gasteiger partial charge in [0.15, 0.2) is 0 Å². The molecule has 0 bridgehead atoms. The lowest BCUT2D eigenvalue weighted by atomic mass is 9.99. The van der Waals surface area contributed by atoms with Crippen molar-refractivity contribution in [3.63, 3.8) is 0 Å². The van der Waals surface area contributed by atoms with Crippen molar-refractivity contribution in [2.75, 3.05) is 26.2 Å². The highest BCUT2D eigenvalue weighted by atomic mass is 79.9. The Balaban J connectivity index is 2.03. The molecule has 5 heteroatoms. The van der Waals surface area contributed by atoms with Gasteiger partial charge >= 0.3 is 0 Å². The number of nitrogens with zero attached hydrogens (tertiary/aromatic N) is 3. The fourth-order valence-electron chi connectivity index (χ4n) is 3.20. The van der Waals surface area contributed by atoms with Gasteiger partial charge in [-0.2, -0.15) is 5.10 Å². The maximum Gasteiger partial charge on any atom is 0.0767 e. The Morgan fingerprint density at radius 1 is 1.43 bits per heavy atom. The number of nitrogens with one attached hydrogen (secondary N) is 1. The number of aromatic nitrogens is 2. The van der Waals surface area contributed by atoms with Gasteiger partial charge in [-0.05, 0) is 67.2 Å². The maximum absolute atomic E-state index is 4.62. The molecule has 4 nitrogen and oxygen atoms in total. The summed E-state index contributed by atoms with van der Waals surface area (Å²) in [7, 11) is 2.06. The first-order chi connectivity index (χ1) is 10.2. The van der Waals surface area contributed by atoms with Crippen LogP contribution in [0.4, 0.5) is 0 Å². The van der Waals surface area contributed by atoms with Crippen LogP contribution >= 0.6 is 15.9 Å². The normalized spacial score (nSPS) is 19.4. The van der Waals surface area contributed by atoms with Crippen LogP contribution in [0.1, 0.15) is 44.5 Å². The molecule has 1 aliphatic rings. The summed E-state index contributed by atoms with van der Waals surface area (Å²) in [5, 5.41) is 8.15. The summed E-state index contributed by atoms with van der Waals surface area (Å²) in [4.78, 5) is 2.60. The molecule has 1 atom stereocenters. The topological polar surface area (TPSA) is 33.1 Å². The molecular formula is C16H29BrN4. The molecule has 0 aliphatic carbocycles. The monoisotopic (exact) mass is 356 g/mol. The first kappa shape index (κ1) is 17.0. The smallest absolute Gasteiger partial charge is 0.0767 e. The van der Waals surface area contributed by atoms with Crippen molar-refractivity contribution in [2.45, 2.75) is 46.1 Å². The Labute approximate surface area is 137 Å². The van der Waals surface area contributed by atoms with Crippen molar-refractivity contribution < 1.29 is 0 Å². The molecule has 1 N–H and O–H groups in total. The molecule has 0 aromatic carbocycles. The van der Waals surface area contributed by atoms with Gasteiger partial charge in [0, 0.05) is 20.1 Å². The van der Waals surface area contributed by atoms with E-state index in [4.69, 9.17) is 0 Å². The molecule has 1 aliphatic heterocycles. The Morgan fingerprint density at radius 3 is 2.81 bits per heavy atom. The van der Waals surface area contributed by atoms with Crippen LogP contribution in [0, 0.1) is 5.92 Å². The van der Waals surface area contributed by atoms with Gasteiger partial charge in [-0.3, -0.25) is 9.58 Å². The second kappa shape index (κ2) is 8.30. The van der Waals surface area contributed by atoms with Crippen LogP contribution in [-0.4, -0.2) is 40.9 Å². The van der Waals surface area contributed by atoms with Gasteiger partial charge in [0.1, 0.15) is 0 Å². The molecule has 1 aromatic heterocycles. The fourth-order valence-corrected chi connectivity index (χ4v) is 3.94. The van der Waals surface area contributed by atoms with Gasteiger partial charge in [-0.25, -0.2) is 0 Å². The molecular weight excluding hydrogens is 328 g/mol. The summed E-state index contributed by atoms with van der Waals surface area (Å²) < 4.78 is 3.25. The zero-order chi connectivity index (χ0) is 15.2. The number of piperidine rings is 1. The first-order valence-electron chi connectivity index (χ1n) is 8.29. The SMILES string of the molecule is CCCN(Cc1c(Br)c(CC)nn1C)CC1CCCNC1. The summed E-state index contributed by atoms with van der Waals surface area (Å²) in [6.45, 7) is 10.1. The summed E-state index contributed by atoms with van der Waals surface area (Å²) in [6, 6.07) is 0. The second-order valence-corrected chi connectivity index (χ2v) is 6.93. The number of halogens is 1. The van der Waals surface area contributed by atoms with E-state index in [2.05, 4.69) is 52.1 Å². The third kappa shape index (κ3) is 4.54. The summed E-state index contributed by atoms with van der Waals surface area (Å²) >= 11 is 3.74. The Morgan fingerprint density at radius 2 is 2.24 bits per heavy atom. The Hall–Kier alpha value is -0.390. The molecule has 120 valence electrons. The zero-order valence-corrected chi connectivity index (χ0v) is 15.2.